The molecule has 0 aliphatic heterocycles. The predicted molar refractivity (Wildman–Crippen MR) is 75.1 cm³/mol. The number of hydrogen-bond donors (Lipinski definition) is 2. The summed E-state index contributed by atoms with van der Waals surface area (Å²) in [5, 5.41) is 6.00. The molecule has 0 saturated heterocycles. The molecule has 1 amide bonds. The molecule has 0 fully saturated rings. The van der Waals surface area contributed by atoms with Crippen LogP contribution >= 0.6 is 0 Å². The number of nitrogens with zero attached hydrogens (tertiary/aromatic N) is 1. The smallest absolute Gasteiger partial charge is 0.258 e. The maximum Gasteiger partial charge on any atom is 0.258 e. The number of rotatable bonds is 7. The van der Waals surface area contributed by atoms with Crippen LogP contribution in [0.15, 0.2) is 12.1 Å². The fraction of sp³-hybridized carbons (Fsp3) is 0.571. The molecule has 106 valence electrons. The molecule has 2 N–H and O–H groups in total. The van der Waals surface area contributed by atoms with Crippen molar-refractivity contribution in [2.45, 2.75) is 40.3 Å². The third-order valence-electron chi connectivity index (χ3n) is 2.42. The molecular formula is C14H23N3O2. The Hall–Kier alpha value is -1.62. The van der Waals surface area contributed by atoms with E-state index in [9.17, 15) is 4.79 Å². The van der Waals surface area contributed by atoms with E-state index in [2.05, 4.69) is 15.6 Å². The fourth-order valence-electron chi connectivity index (χ4n) is 1.61. The normalized spacial score (nSPS) is 10.6. The molecule has 19 heavy (non-hydrogen) atoms. The second-order valence-corrected chi connectivity index (χ2v) is 4.69. The Balaban J connectivity index is 2.63. The number of pyridine rings is 1. The Morgan fingerprint density at radius 1 is 1.42 bits per heavy atom. The van der Waals surface area contributed by atoms with Crippen molar-refractivity contribution in [1.29, 1.82) is 0 Å². The Kier molecular flexibility index (Phi) is 6.29. The minimum atomic E-state index is -0.120. The van der Waals surface area contributed by atoms with Gasteiger partial charge in [0.05, 0.1) is 5.69 Å². The molecule has 0 atom stereocenters. The van der Waals surface area contributed by atoms with Gasteiger partial charge in [-0.3, -0.25) is 9.78 Å². The van der Waals surface area contributed by atoms with Gasteiger partial charge in [0, 0.05) is 18.3 Å². The van der Waals surface area contributed by atoms with Crippen LogP contribution in [-0.2, 0) is 11.3 Å². The van der Waals surface area contributed by atoms with Crippen LogP contribution in [0.5, 0.6) is 5.75 Å². The van der Waals surface area contributed by atoms with Gasteiger partial charge in [-0.05, 0) is 39.4 Å². The van der Waals surface area contributed by atoms with Gasteiger partial charge in [0.1, 0.15) is 5.75 Å². The minimum Gasteiger partial charge on any atom is -0.482 e. The number of nitrogens with one attached hydrogen (secondary N) is 2. The quantitative estimate of drug-likeness (QED) is 0.782. The van der Waals surface area contributed by atoms with Crippen molar-refractivity contribution in [3.8, 4) is 5.75 Å². The molecular weight excluding hydrogens is 242 g/mol. The van der Waals surface area contributed by atoms with Gasteiger partial charge in [0.2, 0.25) is 0 Å². The molecule has 0 aliphatic rings. The summed E-state index contributed by atoms with van der Waals surface area (Å²) in [4.78, 5) is 16.0. The highest BCUT2D eigenvalue weighted by Gasteiger charge is 2.09. The highest BCUT2D eigenvalue weighted by Crippen LogP contribution is 2.16. The summed E-state index contributed by atoms with van der Waals surface area (Å²) in [6, 6.07) is 3.86. The van der Waals surface area contributed by atoms with Gasteiger partial charge < -0.3 is 15.4 Å². The molecule has 1 heterocycles. The molecule has 0 spiro atoms. The Morgan fingerprint density at radius 3 is 2.79 bits per heavy atom. The molecule has 0 aromatic carbocycles. The van der Waals surface area contributed by atoms with E-state index in [0.29, 0.717) is 12.3 Å². The lowest BCUT2D eigenvalue weighted by atomic mass is 10.3. The van der Waals surface area contributed by atoms with E-state index in [-0.39, 0.29) is 18.6 Å². The highest BCUT2D eigenvalue weighted by molar-refractivity contribution is 5.77. The lowest BCUT2D eigenvalue weighted by Gasteiger charge is -2.13. The molecule has 5 heteroatoms. The van der Waals surface area contributed by atoms with Crippen molar-refractivity contribution in [1.82, 2.24) is 15.6 Å². The van der Waals surface area contributed by atoms with E-state index in [4.69, 9.17) is 4.74 Å². The number of aryl methyl sites for hydroxylation is 1. The zero-order chi connectivity index (χ0) is 14.3. The van der Waals surface area contributed by atoms with Crippen molar-refractivity contribution in [3.05, 3.63) is 23.5 Å². The number of ether oxygens (including phenoxy) is 1. The van der Waals surface area contributed by atoms with Crippen LogP contribution in [0.1, 0.15) is 32.2 Å². The molecule has 5 nitrogen and oxygen atoms in total. The summed E-state index contributed by atoms with van der Waals surface area (Å²) in [5.74, 6) is 0.537. The van der Waals surface area contributed by atoms with Gasteiger partial charge in [-0.1, -0.05) is 6.92 Å². The minimum absolute atomic E-state index is 0.0159. The zero-order valence-corrected chi connectivity index (χ0v) is 12.1. The molecule has 0 bridgehead atoms. The molecule has 1 aromatic heterocycles. The fourth-order valence-corrected chi connectivity index (χ4v) is 1.61. The lowest BCUT2D eigenvalue weighted by Crippen LogP contribution is -2.34. The first-order valence-corrected chi connectivity index (χ1v) is 6.62. The van der Waals surface area contributed by atoms with Crippen molar-refractivity contribution in [2.24, 2.45) is 0 Å². The number of carbonyl (C=O) groups excluding carboxylic acids is 1. The van der Waals surface area contributed by atoms with Gasteiger partial charge in [0.15, 0.2) is 6.61 Å². The maximum absolute atomic E-state index is 11.5. The summed E-state index contributed by atoms with van der Waals surface area (Å²) in [7, 11) is 0. The largest absolute Gasteiger partial charge is 0.482 e. The van der Waals surface area contributed by atoms with Gasteiger partial charge >= 0.3 is 0 Å². The predicted octanol–water partition coefficient (Wildman–Crippen LogP) is 1.40. The summed E-state index contributed by atoms with van der Waals surface area (Å²) in [5.41, 5.74) is 1.77. The van der Waals surface area contributed by atoms with E-state index in [1.807, 2.05) is 39.8 Å². The number of hydrogen-bond acceptors (Lipinski definition) is 4. The van der Waals surface area contributed by atoms with Crippen LogP contribution in [0.2, 0.25) is 0 Å². The van der Waals surface area contributed by atoms with Crippen LogP contribution in [0, 0.1) is 6.92 Å². The third-order valence-corrected chi connectivity index (χ3v) is 2.42. The first-order chi connectivity index (χ1) is 9.02. The van der Waals surface area contributed by atoms with Crippen LogP contribution in [-0.4, -0.2) is 30.1 Å². The van der Waals surface area contributed by atoms with Crippen LogP contribution in [0.25, 0.3) is 0 Å². The number of amides is 1. The average Bonchev–Trinajstić information content (AvgIpc) is 2.34. The van der Waals surface area contributed by atoms with Crippen molar-refractivity contribution in [2.75, 3.05) is 13.2 Å². The van der Waals surface area contributed by atoms with E-state index < -0.39 is 0 Å². The van der Waals surface area contributed by atoms with Crippen LogP contribution < -0.4 is 15.4 Å². The Labute approximate surface area is 114 Å². The van der Waals surface area contributed by atoms with Crippen LogP contribution in [0.4, 0.5) is 0 Å². The average molecular weight is 265 g/mol. The van der Waals surface area contributed by atoms with Gasteiger partial charge in [-0.15, -0.1) is 0 Å². The first kappa shape index (κ1) is 15.4. The number of aromatic nitrogens is 1. The summed E-state index contributed by atoms with van der Waals surface area (Å²) < 4.78 is 5.54. The molecule has 0 saturated carbocycles. The van der Waals surface area contributed by atoms with E-state index in [1.165, 1.54) is 0 Å². The molecule has 1 aromatic rings. The second-order valence-electron chi connectivity index (χ2n) is 4.69. The van der Waals surface area contributed by atoms with Gasteiger partial charge in [-0.2, -0.15) is 0 Å². The van der Waals surface area contributed by atoms with E-state index in [0.717, 1.165) is 17.9 Å². The summed E-state index contributed by atoms with van der Waals surface area (Å²) >= 11 is 0. The topological polar surface area (TPSA) is 63.3 Å². The molecule has 1 rings (SSSR count). The van der Waals surface area contributed by atoms with E-state index in [1.54, 1.807) is 0 Å². The maximum atomic E-state index is 11.5. The lowest BCUT2D eigenvalue weighted by molar-refractivity contribution is -0.123. The zero-order valence-electron chi connectivity index (χ0n) is 12.1. The molecule has 0 radical (unpaired) electrons. The van der Waals surface area contributed by atoms with E-state index >= 15 is 0 Å². The van der Waals surface area contributed by atoms with Gasteiger partial charge in [-0.25, -0.2) is 0 Å². The second kappa shape index (κ2) is 7.74. The summed E-state index contributed by atoms with van der Waals surface area (Å²) in [6.07, 6.45) is 0. The first-order valence-electron chi connectivity index (χ1n) is 6.62. The Morgan fingerprint density at radius 2 is 2.16 bits per heavy atom. The molecule has 0 aliphatic carbocycles. The van der Waals surface area contributed by atoms with Gasteiger partial charge in [0.25, 0.3) is 5.91 Å². The van der Waals surface area contributed by atoms with Crippen LogP contribution in [0.3, 0.4) is 0 Å². The van der Waals surface area contributed by atoms with Crippen molar-refractivity contribution < 1.29 is 9.53 Å². The van der Waals surface area contributed by atoms with Crippen molar-refractivity contribution >= 4 is 5.91 Å². The Bertz CT molecular complexity index is 419. The molecule has 0 unspecified atom stereocenters. The third kappa shape index (κ3) is 5.70. The monoisotopic (exact) mass is 265 g/mol. The highest BCUT2D eigenvalue weighted by atomic mass is 16.5. The standard InChI is InChI=1S/C14H23N3O2/c1-5-15-8-12-13(7-6-11(4)17-12)19-9-14(18)16-10(2)3/h6-7,10,15H,5,8-9H2,1-4H3,(H,16,18). The number of carbonyl (C=O) groups is 1. The summed E-state index contributed by atoms with van der Waals surface area (Å²) in [6.45, 7) is 9.32. The SMILES string of the molecule is CCNCc1nc(C)ccc1OCC(=O)NC(C)C. The van der Waals surface area contributed by atoms with Crippen molar-refractivity contribution in [3.63, 3.8) is 0 Å².